The van der Waals surface area contributed by atoms with Crippen molar-refractivity contribution in [3.63, 3.8) is 0 Å². The number of hydrogen-bond donors (Lipinski definition) is 2. The second-order valence-corrected chi connectivity index (χ2v) is 11.2. The Balaban J connectivity index is 1.91. The number of nitrogens with two attached hydrogens (primary N) is 1. The molecule has 0 saturated carbocycles. The first-order valence-electron chi connectivity index (χ1n) is 10.1. The first kappa shape index (κ1) is 23.4. The summed E-state index contributed by atoms with van der Waals surface area (Å²) in [7, 11) is -7.65. The summed E-state index contributed by atoms with van der Waals surface area (Å²) in [4.78, 5) is 12.8. The molecule has 0 unspecified atom stereocenters. The molecule has 1 saturated heterocycles. The van der Waals surface area contributed by atoms with Gasteiger partial charge < -0.3 is 5.32 Å². The fraction of sp³-hybridized carbons (Fsp3) is 0.381. The van der Waals surface area contributed by atoms with Crippen LogP contribution < -0.4 is 10.5 Å². The third kappa shape index (κ3) is 5.32. The minimum atomic E-state index is -3.96. The van der Waals surface area contributed by atoms with Crippen molar-refractivity contribution in [3.05, 3.63) is 53.1 Å². The molecule has 0 aromatic heterocycles. The highest BCUT2D eigenvalue weighted by molar-refractivity contribution is 7.89. The number of nitrogens with one attached hydrogen (secondary N) is 1. The zero-order chi connectivity index (χ0) is 22.8. The van der Waals surface area contributed by atoms with Crippen LogP contribution in [0.15, 0.2) is 46.2 Å². The van der Waals surface area contributed by atoms with Gasteiger partial charge in [0.15, 0.2) is 0 Å². The monoisotopic (exact) mass is 465 g/mol. The molecule has 2 aromatic carbocycles. The molecular formula is C21H27N3O5S2. The van der Waals surface area contributed by atoms with E-state index < -0.39 is 26.0 Å². The Morgan fingerprint density at radius 3 is 2.13 bits per heavy atom. The molecule has 31 heavy (non-hydrogen) atoms. The SMILES string of the molecule is Cc1ccc(S(N)(=O)=O)cc1C(=O)Nc1ccc(C)c(S(=O)(=O)N2CCCCCC2)c1. The van der Waals surface area contributed by atoms with E-state index in [0.717, 1.165) is 25.7 Å². The van der Waals surface area contributed by atoms with E-state index in [9.17, 15) is 21.6 Å². The van der Waals surface area contributed by atoms with Crippen LogP contribution in [0, 0.1) is 13.8 Å². The highest BCUT2D eigenvalue weighted by atomic mass is 32.2. The van der Waals surface area contributed by atoms with Crippen LogP contribution in [0.4, 0.5) is 5.69 Å². The molecular weight excluding hydrogens is 438 g/mol. The van der Waals surface area contributed by atoms with Gasteiger partial charge in [0, 0.05) is 24.3 Å². The molecule has 0 aliphatic carbocycles. The van der Waals surface area contributed by atoms with Gasteiger partial charge in [0.25, 0.3) is 5.91 Å². The Labute approximate surface area is 183 Å². The summed E-state index contributed by atoms with van der Waals surface area (Å²) in [5.41, 5.74) is 1.61. The minimum Gasteiger partial charge on any atom is -0.322 e. The summed E-state index contributed by atoms with van der Waals surface area (Å²) in [6.45, 7) is 4.36. The lowest BCUT2D eigenvalue weighted by Crippen LogP contribution is -2.32. The first-order chi connectivity index (χ1) is 14.5. The average Bonchev–Trinajstić information content (AvgIpc) is 2.99. The molecule has 1 aliphatic rings. The van der Waals surface area contributed by atoms with Crippen molar-refractivity contribution in [1.29, 1.82) is 0 Å². The van der Waals surface area contributed by atoms with Crippen LogP contribution in [0.3, 0.4) is 0 Å². The Hall–Kier alpha value is -2.27. The van der Waals surface area contributed by atoms with Gasteiger partial charge in [0.2, 0.25) is 20.0 Å². The highest BCUT2D eigenvalue weighted by Gasteiger charge is 2.27. The van der Waals surface area contributed by atoms with Crippen molar-refractivity contribution in [2.24, 2.45) is 5.14 Å². The summed E-state index contributed by atoms with van der Waals surface area (Å²) < 4.78 is 51.2. The lowest BCUT2D eigenvalue weighted by Gasteiger charge is -2.21. The largest absolute Gasteiger partial charge is 0.322 e. The smallest absolute Gasteiger partial charge is 0.255 e. The van der Waals surface area contributed by atoms with E-state index in [1.807, 2.05) is 0 Å². The van der Waals surface area contributed by atoms with E-state index in [-0.39, 0.29) is 15.4 Å². The van der Waals surface area contributed by atoms with Crippen molar-refractivity contribution < 1.29 is 21.6 Å². The molecule has 8 nitrogen and oxygen atoms in total. The van der Waals surface area contributed by atoms with Crippen molar-refractivity contribution in [2.45, 2.75) is 49.3 Å². The molecule has 1 fully saturated rings. The molecule has 0 atom stereocenters. The molecule has 168 valence electrons. The Morgan fingerprint density at radius 1 is 0.903 bits per heavy atom. The van der Waals surface area contributed by atoms with Crippen LogP contribution in [0.1, 0.15) is 47.2 Å². The second-order valence-electron chi connectivity index (χ2n) is 7.77. The molecule has 3 N–H and O–H groups in total. The number of rotatable bonds is 5. The maximum atomic E-state index is 13.2. The quantitative estimate of drug-likeness (QED) is 0.702. The zero-order valence-electron chi connectivity index (χ0n) is 17.6. The number of carbonyl (C=O) groups excluding carboxylic acids is 1. The number of anilines is 1. The number of aryl methyl sites for hydroxylation is 2. The van der Waals surface area contributed by atoms with E-state index in [1.54, 1.807) is 26.0 Å². The van der Waals surface area contributed by atoms with Crippen molar-refractivity contribution in [1.82, 2.24) is 4.31 Å². The number of nitrogens with zero attached hydrogens (tertiary/aromatic N) is 1. The number of carbonyl (C=O) groups is 1. The second kappa shape index (κ2) is 9.07. The standard InChI is InChI=1S/C21H27N3O5S2/c1-15-8-10-18(30(22,26)27)14-19(15)21(25)23-17-9-7-16(2)20(13-17)31(28,29)24-11-5-3-4-6-12-24/h7-10,13-14H,3-6,11-12H2,1-2H3,(H,23,25)(H2,22,26,27). The number of primary sulfonamides is 1. The summed E-state index contributed by atoms with van der Waals surface area (Å²) in [6, 6.07) is 8.76. The summed E-state index contributed by atoms with van der Waals surface area (Å²) in [5.74, 6) is -0.551. The van der Waals surface area contributed by atoms with E-state index in [0.29, 0.717) is 29.9 Å². The molecule has 1 amide bonds. The van der Waals surface area contributed by atoms with Crippen LogP contribution in [0.2, 0.25) is 0 Å². The summed E-state index contributed by atoms with van der Waals surface area (Å²) in [6.07, 6.45) is 3.68. The third-order valence-corrected chi connectivity index (χ3v) is 8.36. The fourth-order valence-electron chi connectivity index (χ4n) is 3.60. The molecule has 10 heteroatoms. The third-order valence-electron chi connectivity index (χ3n) is 5.41. The summed E-state index contributed by atoms with van der Waals surface area (Å²) >= 11 is 0. The van der Waals surface area contributed by atoms with Crippen molar-refractivity contribution in [3.8, 4) is 0 Å². The van der Waals surface area contributed by atoms with E-state index in [1.165, 1.54) is 28.6 Å². The maximum absolute atomic E-state index is 13.2. The topological polar surface area (TPSA) is 127 Å². The minimum absolute atomic E-state index is 0.143. The van der Waals surface area contributed by atoms with Gasteiger partial charge in [-0.25, -0.2) is 22.0 Å². The Morgan fingerprint density at radius 2 is 1.52 bits per heavy atom. The van der Waals surface area contributed by atoms with Gasteiger partial charge in [-0.2, -0.15) is 4.31 Å². The predicted molar refractivity (Wildman–Crippen MR) is 119 cm³/mol. The van der Waals surface area contributed by atoms with Crippen molar-refractivity contribution >= 4 is 31.6 Å². The van der Waals surface area contributed by atoms with Gasteiger partial charge in [-0.1, -0.05) is 25.0 Å². The van der Waals surface area contributed by atoms with Crippen LogP contribution >= 0.6 is 0 Å². The molecule has 1 aliphatic heterocycles. The van der Waals surface area contributed by atoms with Gasteiger partial charge in [-0.15, -0.1) is 0 Å². The number of amides is 1. The van der Waals surface area contributed by atoms with Crippen molar-refractivity contribution in [2.75, 3.05) is 18.4 Å². The van der Waals surface area contributed by atoms with Gasteiger partial charge in [0.05, 0.1) is 9.79 Å². The number of hydrogen-bond acceptors (Lipinski definition) is 5. The number of sulfonamides is 2. The Bertz CT molecular complexity index is 1200. The lowest BCUT2D eigenvalue weighted by atomic mass is 10.1. The van der Waals surface area contributed by atoms with E-state index in [2.05, 4.69) is 5.32 Å². The van der Waals surface area contributed by atoms with Crippen LogP contribution in [-0.2, 0) is 20.0 Å². The van der Waals surface area contributed by atoms with Gasteiger partial charge in [0.1, 0.15) is 0 Å². The van der Waals surface area contributed by atoms with Crippen LogP contribution in [-0.4, -0.2) is 40.1 Å². The highest BCUT2D eigenvalue weighted by Crippen LogP contribution is 2.26. The maximum Gasteiger partial charge on any atom is 0.255 e. The Kier molecular flexibility index (Phi) is 6.85. The first-order valence-corrected chi connectivity index (χ1v) is 13.0. The van der Waals surface area contributed by atoms with E-state index >= 15 is 0 Å². The van der Waals surface area contributed by atoms with E-state index in [4.69, 9.17) is 5.14 Å². The molecule has 1 heterocycles. The number of benzene rings is 2. The van der Waals surface area contributed by atoms with Gasteiger partial charge in [-0.3, -0.25) is 4.79 Å². The average molecular weight is 466 g/mol. The predicted octanol–water partition coefficient (Wildman–Crippen LogP) is 2.77. The molecule has 0 spiro atoms. The molecule has 0 radical (unpaired) electrons. The van der Waals surface area contributed by atoms with Crippen LogP contribution in [0.25, 0.3) is 0 Å². The van der Waals surface area contributed by atoms with Gasteiger partial charge in [-0.05, 0) is 62.1 Å². The van der Waals surface area contributed by atoms with Gasteiger partial charge >= 0.3 is 0 Å². The lowest BCUT2D eigenvalue weighted by molar-refractivity contribution is 0.102. The summed E-state index contributed by atoms with van der Waals surface area (Å²) in [5, 5.41) is 7.84. The normalized spacial score (nSPS) is 16.0. The molecule has 3 rings (SSSR count). The molecule has 0 bridgehead atoms. The fourth-order valence-corrected chi connectivity index (χ4v) is 5.91. The molecule has 2 aromatic rings. The zero-order valence-corrected chi connectivity index (χ0v) is 19.2. The van der Waals surface area contributed by atoms with Crippen LogP contribution in [0.5, 0.6) is 0 Å².